The van der Waals surface area contributed by atoms with Gasteiger partial charge in [-0.2, -0.15) is 11.8 Å². The minimum Gasteiger partial charge on any atom is -0.478 e. The summed E-state index contributed by atoms with van der Waals surface area (Å²) in [5.74, 6) is -0.0767. The van der Waals surface area contributed by atoms with Crippen LogP contribution in [0.1, 0.15) is 21.6 Å². The molecule has 0 bridgehead atoms. The fourth-order valence-corrected chi connectivity index (χ4v) is 3.46. The Bertz CT molecular complexity index is 705. The molecule has 1 aliphatic heterocycles. The molecule has 0 amide bonds. The number of pyridine rings is 1. The van der Waals surface area contributed by atoms with Crippen LogP contribution in [-0.2, 0) is 12.2 Å². The van der Waals surface area contributed by atoms with E-state index in [9.17, 15) is 14.3 Å². The fourth-order valence-electron chi connectivity index (χ4n) is 2.30. The van der Waals surface area contributed by atoms with Crippen molar-refractivity contribution in [3.8, 4) is 0 Å². The summed E-state index contributed by atoms with van der Waals surface area (Å²) in [6.07, 6.45) is 0.709. The van der Waals surface area contributed by atoms with Crippen LogP contribution in [0.5, 0.6) is 0 Å². The first-order valence-electron chi connectivity index (χ1n) is 5.69. The van der Waals surface area contributed by atoms with E-state index in [1.807, 2.05) is 0 Å². The number of halogens is 2. The van der Waals surface area contributed by atoms with Gasteiger partial charge in [0.15, 0.2) is 0 Å². The second kappa shape index (κ2) is 4.65. The molecule has 19 heavy (non-hydrogen) atoms. The van der Waals surface area contributed by atoms with Crippen molar-refractivity contribution in [2.24, 2.45) is 0 Å². The maximum absolute atomic E-state index is 13.5. The molecule has 2 heterocycles. The summed E-state index contributed by atoms with van der Waals surface area (Å²) in [7, 11) is 0. The fraction of sp³-hybridized carbons (Fsp3) is 0.231. The van der Waals surface area contributed by atoms with Gasteiger partial charge < -0.3 is 5.11 Å². The second-order valence-corrected chi connectivity index (χ2v) is 5.82. The quantitative estimate of drug-likeness (QED) is 0.875. The smallest absolute Gasteiger partial charge is 0.336 e. The molecule has 0 atom stereocenters. The number of aryl methyl sites for hydroxylation is 1. The van der Waals surface area contributed by atoms with E-state index in [1.165, 1.54) is 12.1 Å². The number of hydrogen-bond acceptors (Lipinski definition) is 3. The van der Waals surface area contributed by atoms with Crippen molar-refractivity contribution in [2.75, 3.05) is 5.75 Å². The van der Waals surface area contributed by atoms with Gasteiger partial charge in [0.2, 0.25) is 0 Å². The number of benzene rings is 1. The predicted octanol–water partition coefficient (Wildman–Crippen LogP) is 3.51. The third-order valence-electron chi connectivity index (χ3n) is 3.16. The van der Waals surface area contributed by atoms with Crippen LogP contribution >= 0.6 is 23.4 Å². The first-order chi connectivity index (χ1) is 9.08. The maximum Gasteiger partial charge on any atom is 0.336 e. The average Bonchev–Trinajstić information content (AvgIpc) is 2.37. The Morgan fingerprint density at radius 1 is 1.47 bits per heavy atom. The Balaban J connectivity index is 2.42. The topological polar surface area (TPSA) is 50.2 Å². The molecule has 98 valence electrons. The van der Waals surface area contributed by atoms with Crippen molar-refractivity contribution in [3.05, 3.63) is 39.8 Å². The van der Waals surface area contributed by atoms with Crippen molar-refractivity contribution in [1.82, 2.24) is 4.98 Å². The highest BCUT2D eigenvalue weighted by Crippen LogP contribution is 2.33. The Morgan fingerprint density at radius 2 is 2.26 bits per heavy atom. The summed E-state index contributed by atoms with van der Waals surface area (Å²) in [5.41, 5.74) is 2.04. The number of carboxylic acid groups (broad SMARTS) is 1. The normalized spacial score (nSPS) is 14.4. The first-order valence-corrected chi connectivity index (χ1v) is 7.22. The Kier molecular flexibility index (Phi) is 3.11. The summed E-state index contributed by atoms with van der Waals surface area (Å²) < 4.78 is 13.5. The molecule has 0 saturated heterocycles. The minimum absolute atomic E-state index is 0.0831. The van der Waals surface area contributed by atoms with Gasteiger partial charge in [0, 0.05) is 22.9 Å². The van der Waals surface area contributed by atoms with Crippen molar-refractivity contribution >= 4 is 40.2 Å². The zero-order chi connectivity index (χ0) is 13.6. The van der Waals surface area contributed by atoms with Crippen LogP contribution in [0.4, 0.5) is 4.39 Å². The number of aromatic carboxylic acids is 1. The molecule has 0 aliphatic carbocycles. The van der Waals surface area contributed by atoms with Gasteiger partial charge in [-0.3, -0.25) is 4.98 Å². The molecule has 1 aromatic heterocycles. The lowest BCUT2D eigenvalue weighted by Gasteiger charge is -2.18. The summed E-state index contributed by atoms with van der Waals surface area (Å²) in [5, 5.41) is 9.74. The van der Waals surface area contributed by atoms with E-state index in [-0.39, 0.29) is 10.6 Å². The predicted molar refractivity (Wildman–Crippen MR) is 73.5 cm³/mol. The zero-order valence-corrected chi connectivity index (χ0v) is 11.3. The molecule has 1 aliphatic rings. The second-order valence-electron chi connectivity index (χ2n) is 4.30. The highest BCUT2D eigenvalue weighted by atomic mass is 35.5. The van der Waals surface area contributed by atoms with Crippen molar-refractivity contribution in [3.63, 3.8) is 0 Å². The van der Waals surface area contributed by atoms with Crippen LogP contribution < -0.4 is 0 Å². The number of fused-ring (bicyclic) bond motifs is 2. The van der Waals surface area contributed by atoms with E-state index >= 15 is 0 Å². The summed E-state index contributed by atoms with van der Waals surface area (Å²) in [4.78, 5) is 15.9. The van der Waals surface area contributed by atoms with Gasteiger partial charge >= 0.3 is 5.97 Å². The molecular weight excluding hydrogens is 289 g/mol. The molecule has 0 fully saturated rings. The third kappa shape index (κ3) is 2.07. The van der Waals surface area contributed by atoms with Crippen LogP contribution in [0.3, 0.4) is 0 Å². The largest absolute Gasteiger partial charge is 0.478 e. The van der Waals surface area contributed by atoms with Gasteiger partial charge in [-0.25, -0.2) is 9.18 Å². The Hall–Kier alpha value is -1.33. The van der Waals surface area contributed by atoms with Crippen LogP contribution in [-0.4, -0.2) is 21.8 Å². The van der Waals surface area contributed by atoms with Crippen LogP contribution in [0.25, 0.3) is 10.9 Å². The Morgan fingerprint density at radius 3 is 3.00 bits per heavy atom. The molecule has 3 nitrogen and oxygen atoms in total. The summed E-state index contributed by atoms with van der Waals surface area (Å²) in [6, 6.07) is 2.55. The van der Waals surface area contributed by atoms with Crippen LogP contribution in [0.2, 0.25) is 5.02 Å². The SMILES string of the molecule is O=C(O)c1c2c(nc3cc(F)c(Cl)cc13)CCSC2. The van der Waals surface area contributed by atoms with Gasteiger partial charge in [-0.15, -0.1) is 0 Å². The van der Waals surface area contributed by atoms with Crippen LogP contribution in [0, 0.1) is 5.82 Å². The van der Waals surface area contributed by atoms with Gasteiger partial charge in [0.25, 0.3) is 0 Å². The lowest BCUT2D eigenvalue weighted by Crippen LogP contribution is -2.13. The summed E-state index contributed by atoms with van der Waals surface area (Å²) in [6.45, 7) is 0. The standard InChI is InChI=1S/C13H9ClFNO2S/c14-8-3-6-11(4-9(8)15)16-10-1-2-19-5-7(10)12(6)13(17)18/h3-4H,1-2,5H2,(H,17,18). The van der Waals surface area contributed by atoms with Gasteiger partial charge in [0.1, 0.15) is 5.82 Å². The molecule has 0 spiro atoms. The van der Waals surface area contributed by atoms with E-state index in [0.29, 0.717) is 23.1 Å². The highest BCUT2D eigenvalue weighted by molar-refractivity contribution is 7.98. The zero-order valence-electron chi connectivity index (χ0n) is 9.74. The van der Waals surface area contributed by atoms with Gasteiger partial charge in [-0.05, 0) is 23.8 Å². The summed E-state index contributed by atoms with van der Waals surface area (Å²) >= 11 is 7.42. The highest BCUT2D eigenvalue weighted by Gasteiger charge is 2.23. The molecule has 1 aromatic carbocycles. The van der Waals surface area contributed by atoms with Crippen molar-refractivity contribution in [1.29, 1.82) is 0 Å². The third-order valence-corrected chi connectivity index (χ3v) is 4.43. The maximum atomic E-state index is 13.5. The van der Waals surface area contributed by atoms with E-state index in [0.717, 1.165) is 17.0 Å². The molecule has 2 aromatic rings. The van der Waals surface area contributed by atoms with E-state index in [4.69, 9.17) is 11.6 Å². The minimum atomic E-state index is -1.02. The number of aromatic nitrogens is 1. The number of rotatable bonds is 1. The van der Waals surface area contributed by atoms with Crippen molar-refractivity contribution in [2.45, 2.75) is 12.2 Å². The van der Waals surface area contributed by atoms with E-state index in [1.54, 1.807) is 11.8 Å². The molecule has 0 saturated carbocycles. The molecule has 0 radical (unpaired) electrons. The number of thioether (sulfide) groups is 1. The van der Waals surface area contributed by atoms with Crippen molar-refractivity contribution < 1.29 is 14.3 Å². The average molecular weight is 298 g/mol. The van der Waals surface area contributed by atoms with Gasteiger partial charge in [0.05, 0.1) is 16.1 Å². The molecule has 6 heteroatoms. The van der Waals surface area contributed by atoms with Crippen LogP contribution in [0.15, 0.2) is 12.1 Å². The molecular formula is C13H9ClFNO2S. The van der Waals surface area contributed by atoms with Gasteiger partial charge in [-0.1, -0.05) is 11.6 Å². The molecule has 1 N–H and O–H groups in total. The molecule has 0 unspecified atom stereocenters. The monoisotopic (exact) mass is 297 g/mol. The number of carboxylic acids is 1. The number of hydrogen-bond donors (Lipinski definition) is 1. The Labute approximate surface area is 117 Å². The van der Waals surface area contributed by atoms with E-state index in [2.05, 4.69) is 4.98 Å². The lowest BCUT2D eigenvalue weighted by atomic mass is 10.00. The molecule has 3 rings (SSSR count). The number of nitrogens with zero attached hydrogens (tertiary/aromatic N) is 1. The number of carbonyl (C=O) groups is 1. The van der Waals surface area contributed by atoms with E-state index < -0.39 is 11.8 Å². The lowest BCUT2D eigenvalue weighted by molar-refractivity contribution is 0.0698. The first kappa shape index (κ1) is 12.7.